The van der Waals surface area contributed by atoms with Crippen LogP contribution in [-0.2, 0) is 13.6 Å². The van der Waals surface area contributed by atoms with Crippen molar-refractivity contribution in [3.63, 3.8) is 0 Å². The molecule has 0 aromatic carbocycles. The number of nitrogen functional groups attached to an aromatic ring is 1. The zero-order valence-corrected chi connectivity index (χ0v) is 14.0. The molecule has 0 spiro atoms. The van der Waals surface area contributed by atoms with Gasteiger partial charge in [0.2, 0.25) is 5.95 Å². The number of hydrogen-bond acceptors (Lipinski definition) is 8. The second-order valence-corrected chi connectivity index (χ2v) is 7.13. The first kappa shape index (κ1) is 17.2. The van der Waals surface area contributed by atoms with Crippen LogP contribution in [0.3, 0.4) is 0 Å². The van der Waals surface area contributed by atoms with Crippen LogP contribution in [-0.4, -0.2) is 49.3 Å². The molecule has 1 saturated carbocycles. The van der Waals surface area contributed by atoms with Crippen molar-refractivity contribution in [2.24, 2.45) is 11.8 Å². The fourth-order valence-corrected chi connectivity index (χ4v) is 3.81. The first-order chi connectivity index (χ1) is 11.4. The summed E-state index contributed by atoms with van der Waals surface area (Å²) >= 11 is 0. The van der Waals surface area contributed by atoms with Gasteiger partial charge in [0.15, 0.2) is 5.65 Å². The standard InChI is InChI=1S/C13H20N5O5P/c1-2-22-24(20,21)23-6-8-3-11(9(8)5-19)18-7-16-10-4-15-13(14)17-12(10)18/h4,7-9,11,19H,2-3,5-6H2,1H3,(H,20,21)(H2,14,15,17)/t8-,9-,11-/m1/s1. The number of nitrogens with zero attached hydrogens (tertiary/aromatic N) is 4. The lowest BCUT2D eigenvalue weighted by Crippen LogP contribution is -2.42. The van der Waals surface area contributed by atoms with E-state index in [0.29, 0.717) is 17.6 Å². The van der Waals surface area contributed by atoms with Crippen LogP contribution in [0.1, 0.15) is 19.4 Å². The van der Waals surface area contributed by atoms with Crippen molar-refractivity contribution in [1.29, 1.82) is 0 Å². The Morgan fingerprint density at radius 1 is 1.46 bits per heavy atom. The molecule has 10 nitrogen and oxygen atoms in total. The minimum Gasteiger partial charge on any atom is -0.396 e. The van der Waals surface area contributed by atoms with E-state index in [1.807, 2.05) is 4.57 Å². The molecule has 1 aliphatic carbocycles. The van der Waals surface area contributed by atoms with Gasteiger partial charge < -0.3 is 20.3 Å². The fraction of sp³-hybridized carbons (Fsp3) is 0.615. The summed E-state index contributed by atoms with van der Waals surface area (Å²) < 4.78 is 23.1. The molecule has 2 aromatic heterocycles. The van der Waals surface area contributed by atoms with Gasteiger partial charge >= 0.3 is 7.82 Å². The zero-order chi connectivity index (χ0) is 17.3. The molecule has 1 fully saturated rings. The van der Waals surface area contributed by atoms with Crippen LogP contribution >= 0.6 is 7.82 Å². The Morgan fingerprint density at radius 3 is 2.96 bits per heavy atom. The van der Waals surface area contributed by atoms with Crippen LogP contribution in [0, 0.1) is 11.8 Å². The number of aliphatic hydroxyl groups excluding tert-OH is 1. The molecule has 0 amide bonds. The Morgan fingerprint density at radius 2 is 2.25 bits per heavy atom. The van der Waals surface area contributed by atoms with Gasteiger partial charge in [-0.2, -0.15) is 4.98 Å². The van der Waals surface area contributed by atoms with Crippen molar-refractivity contribution >= 4 is 24.9 Å². The maximum absolute atomic E-state index is 11.6. The van der Waals surface area contributed by atoms with E-state index in [2.05, 4.69) is 19.5 Å². The van der Waals surface area contributed by atoms with E-state index >= 15 is 0 Å². The van der Waals surface area contributed by atoms with Crippen molar-refractivity contribution in [2.75, 3.05) is 25.6 Å². The summed E-state index contributed by atoms with van der Waals surface area (Å²) in [4.78, 5) is 21.8. The highest BCUT2D eigenvalue weighted by Crippen LogP contribution is 2.49. The number of aromatic nitrogens is 4. The Balaban J connectivity index is 1.70. The summed E-state index contributed by atoms with van der Waals surface area (Å²) in [5, 5.41) is 9.68. The summed E-state index contributed by atoms with van der Waals surface area (Å²) in [5.74, 6) is -0.0419. The highest BCUT2D eigenvalue weighted by atomic mass is 31.2. The highest BCUT2D eigenvalue weighted by molar-refractivity contribution is 7.47. The molecule has 4 atom stereocenters. The van der Waals surface area contributed by atoms with E-state index in [1.54, 1.807) is 19.4 Å². The van der Waals surface area contributed by atoms with Crippen LogP contribution in [0.25, 0.3) is 11.2 Å². The van der Waals surface area contributed by atoms with Gasteiger partial charge in [0.05, 0.1) is 25.7 Å². The van der Waals surface area contributed by atoms with Crippen LogP contribution < -0.4 is 5.73 Å². The maximum atomic E-state index is 11.6. The number of phosphoric ester groups is 1. The Hall–Kier alpha value is -1.58. The van der Waals surface area contributed by atoms with Gasteiger partial charge in [0.1, 0.15) is 5.52 Å². The summed E-state index contributed by atoms with van der Waals surface area (Å²) in [7, 11) is -4.03. The topological polar surface area (TPSA) is 146 Å². The summed E-state index contributed by atoms with van der Waals surface area (Å²) in [6.45, 7) is 1.66. The molecule has 1 unspecified atom stereocenters. The van der Waals surface area contributed by atoms with Gasteiger partial charge in [-0.05, 0) is 19.3 Å². The molecule has 4 N–H and O–H groups in total. The predicted octanol–water partition coefficient (Wildman–Crippen LogP) is 0.731. The van der Waals surface area contributed by atoms with Crippen molar-refractivity contribution in [2.45, 2.75) is 19.4 Å². The second-order valence-electron chi connectivity index (χ2n) is 5.68. The van der Waals surface area contributed by atoms with Gasteiger partial charge in [0, 0.05) is 18.6 Å². The average Bonchev–Trinajstić information content (AvgIpc) is 2.89. The monoisotopic (exact) mass is 357 g/mol. The Bertz CT molecular complexity index is 768. The quantitative estimate of drug-likeness (QED) is 0.610. The van der Waals surface area contributed by atoms with E-state index in [1.165, 1.54) is 0 Å². The van der Waals surface area contributed by atoms with E-state index < -0.39 is 7.82 Å². The molecule has 3 rings (SSSR count). The number of anilines is 1. The lowest BCUT2D eigenvalue weighted by Gasteiger charge is -2.44. The van der Waals surface area contributed by atoms with E-state index in [4.69, 9.17) is 10.3 Å². The maximum Gasteiger partial charge on any atom is 0.472 e. The third-order valence-electron chi connectivity index (χ3n) is 4.29. The summed E-state index contributed by atoms with van der Waals surface area (Å²) in [6, 6.07) is -0.0342. The third kappa shape index (κ3) is 3.28. The molecule has 0 saturated heterocycles. The van der Waals surface area contributed by atoms with Gasteiger partial charge in [-0.15, -0.1) is 0 Å². The Kier molecular flexibility index (Phi) is 4.84. The van der Waals surface area contributed by atoms with Crippen LogP contribution in [0.15, 0.2) is 12.5 Å². The molecule has 2 heterocycles. The summed E-state index contributed by atoms with van der Waals surface area (Å²) in [5.41, 5.74) is 6.85. The lowest BCUT2D eigenvalue weighted by atomic mass is 9.70. The van der Waals surface area contributed by atoms with Gasteiger partial charge in [0.25, 0.3) is 0 Å². The number of hydrogen-bond donors (Lipinski definition) is 3. The molecule has 2 aromatic rings. The van der Waals surface area contributed by atoms with Gasteiger partial charge in [-0.25, -0.2) is 14.5 Å². The largest absolute Gasteiger partial charge is 0.472 e. The van der Waals surface area contributed by atoms with Crippen LogP contribution in [0.5, 0.6) is 0 Å². The molecule has 1 aliphatic rings. The molecule has 11 heteroatoms. The number of imidazole rings is 1. The van der Waals surface area contributed by atoms with Crippen LogP contribution in [0.2, 0.25) is 0 Å². The van der Waals surface area contributed by atoms with Crippen LogP contribution in [0.4, 0.5) is 5.95 Å². The molecule has 24 heavy (non-hydrogen) atoms. The number of aliphatic hydroxyl groups is 1. The van der Waals surface area contributed by atoms with E-state index in [0.717, 1.165) is 0 Å². The van der Waals surface area contributed by atoms with Crippen molar-refractivity contribution in [3.05, 3.63) is 12.5 Å². The second kappa shape index (κ2) is 6.73. The molecular formula is C13H20N5O5P. The first-order valence-corrected chi connectivity index (χ1v) is 9.12. The van der Waals surface area contributed by atoms with Gasteiger partial charge in [-0.1, -0.05) is 0 Å². The number of fused-ring (bicyclic) bond motifs is 1. The van der Waals surface area contributed by atoms with Crippen molar-refractivity contribution < 1.29 is 23.6 Å². The summed E-state index contributed by atoms with van der Waals surface area (Å²) in [6.07, 6.45) is 3.85. The molecule has 0 bridgehead atoms. The Labute approximate surface area is 138 Å². The predicted molar refractivity (Wildman–Crippen MR) is 84.9 cm³/mol. The first-order valence-electron chi connectivity index (χ1n) is 7.63. The smallest absolute Gasteiger partial charge is 0.396 e. The lowest BCUT2D eigenvalue weighted by molar-refractivity contribution is -0.00773. The zero-order valence-electron chi connectivity index (χ0n) is 13.1. The minimum absolute atomic E-state index is 0.0342. The van der Waals surface area contributed by atoms with Crippen molar-refractivity contribution in [1.82, 2.24) is 19.5 Å². The fourth-order valence-electron chi connectivity index (χ4n) is 3.03. The third-order valence-corrected chi connectivity index (χ3v) is 5.35. The van der Waals surface area contributed by atoms with Crippen molar-refractivity contribution in [3.8, 4) is 0 Å². The van der Waals surface area contributed by atoms with E-state index in [9.17, 15) is 14.6 Å². The molecule has 132 valence electrons. The molecular weight excluding hydrogens is 337 g/mol. The SMILES string of the molecule is CCOP(=O)(O)OC[C@H]1C[C@@H](n2cnc3cnc(N)nc32)[C@@H]1CO. The molecule has 0 radical (unpaired) electrons. The highest BCUT2D eigenvalue weighted by Gasteiger charge is 2.43. The average molecular weight is 357 g/mol. The number of nitrogens with two attached hydrogens (primary N) is 1. The van der Waals surface area contributed by atoms with Gasteiger partial charge in [-0.3, -0.25) is 9.05 Å². The number of rotatable bonds is 7. The molecule has 0 aliphatic heterocycles. The minimum atomic E-state index is -4.03. The van der Waals surface area contributed by atoms with E-state index in [-0.39, 0.29) is 43.6 Å². The normalized spacial score (nSPS) is 26.2. The number of phosphoric acid groups is 1.